The largest absolute Gasteiger partial charge is 0.392 e. The fourth-order valence-electron chi connectivity index (χ4n) is 2.10. The molecule has 1 aromatic carbocycles. The Morgan fingerprint density at radius 3 is 2.86 bits per heavy atom. The summed E-state index contributed by atoms with van der Waals surface area (Å²) in [6.45, 7) is 1.54. The van der Waals surface area contributed by atoms with Crippen molar-refractivity contribution in [2.24, 2.45) is 0 Å². The lowest BCUT2D eigenvalue weighted by atomic mass is 10.2. The lowest BCUT2D eigenvalue weighted by Crippen LogP contribution is -2.14. The molecule has 1 heterocycles. The lowest BCUT2D eigenvalue weighted by Gasteiger charge is -2.09. The molecule has 1 aromatic heterocycles. The van der Waals surface area contributed by atoms with Gasteiger partial charge < -0.3 is 5.11 Å². The fraction of sp³-hybridized carbons (Fsp3) is 0.357. The van der Waals surface area contributed by atoms with Gasteiger partial charge in [0.05, 0.1) is 17.2 Å². The van der Waals surface area contributed by atoms with Crippen molar-refractivity contribution in [3.8, 4) is 0 Å². The summed E-state index contributed by atoms with van der Waals surface area (Å²) in [5.74, 6) is 0.499. The molecule has 5 nitrogen and oxygen atoms in total. The molecule has 0 amide bonds. The van der Waals surface area contributed by atoms with E-state index in [2.05, 4.69) is 9.71 Å². The van der Waals surface area contributed by atoms with E-state index in [4.69, 9.17) is 5.11 Å². The SMILES string of the molecule is Cc1ccc(CO)cc1S(=O)(=O)Nc1nc(C2CC2)cs1. The maximum atomic E-state index is 12.5. The standard InChI is InChI=1S/C14H16N2O3S2/c1-9-2-3-10(7-17)6-13(9)21(18,19)16-14-15-12(8-20-14)11-4-5-11/h2-3,6,8,11,17H,4-5,7H2,1H3,(H,15,16). The van der Waals surface area contributed by atoms with Gasteiger partial charge in [0.25, 0.3) is 10.0 Å². The van der Waals surface area contributed by atoms with Crippen LogP contribution in [-0.2, 0) is 16.6 Å². The van der Waals surface area contributed by atoms with Crippen molar-refractivity contribution >= 4 is 26.5 Å². The van der Waals surface area contributed by atoms with Crippen LogP contribution in [0.4, 0.5) is 5.13 Å². The lowest BCUT2D eigenvalue weighted by molar-refractivity contribution is 0.281. The molecule has 21 heavy (non-hydrogen) atoms. The molecule has 0 bridgehead atoms. The molecule has 7 heteroatoms. The van der Waals surface area contributed by atoms with Crippen LogP contribution in [0.5, 0.6) is 0 Å². The third-order valence-electron chi connectivity index (χ3n) is 3.46. The van der Waals surface area contributed by atoms with E-state index in [1.807, 2.05) is 5.38 Å². The van der Waals surface area contributed by atoms with Crippen LogP contribution in [0.25, 0.3) is 0 Å². The molecule has 0 radical (unpaired) electrons. The van der Waals surface area contributed by atoms with Crippen molar-refractivity contribution < 1.29 is 13.5 Å². The number of aliphatic hydroxyl groups is 1. The summed E-state index contributed by atoms with van der Waals surface area (Å²) in [6, 6.07) is 4.90. The number of rotatable bonds is 5. The third-order valence-corrected chi connectivity index (χ3v) is 5.85. The van der Waals surface area contributed by atoms with Gasteiger partial charge >= 0.3 is 0 Å². The summed E-state index contributed by atoms with van der Waals surface area (Å²) in [5.41, 5.74) is 2.18. The number of nitrogens with one attached hydrogen (secondary N) is 1. The maximum Gasteiger partial charge on any atom is 0.263 e. The Morgan fingerprint density at radius 1 is 1.43 bits per heavy atom. The topological polar surface area (TPSA) is 79.3 Å². The predicted octanol–water partition coefficient (Wildman–Crippen LogP) is 2.62. The zero-order valence-corrected chi connectivity index (χ0v) is 13.2. The Labute approximate surface area is 127 Å². The average Bonchev–Trinajstić information content (AvgIpc) is 3.20. The number of hydrogen-bond acceptors (Lipinski definition) is 5. The van der Waals surface area contributed by atoms with Gasteiger partial charge in [0.15, 0.2) is 5.13 Å². The van der Waals surface area contributed by atoms with Crippen LogP contribution in [0, 0.1) is 6.92 Å². The molecule has 112 valence electrons. The smallest absolute Gasteiger partial charge is 0.263 e. The van der Waals surface area contributed by atoms with Crippen molar-refractivity contribution in [1.29, 1.82) is 0 Å². The number of anilines is 1. The molecular formula is C14H16N2O3S2. The van der Waals surface area contributed by atoms with Crippen LogP contribution < -0.4 is 4.72 Å². The molecule has 0 aliphatic heterocycles. The van der Waals surface area contributed by atoms with E-state index in [-0.39, 0.29) is 11.5 Å². The van der Waals surface area contributed by atoms with Gasteiger partial charge in [-0.25, -0.2) is 13.4 Å². The van der Waals surface area contributed by atoms with Gasteiger partial charge in [0.1, 0.15) is 0 Å². The number of hydrogen-bond donors (Lipinski definition) is 2. The van der Waals surface area contributed by atoms with Gasteiger partial charge in [-0.05, 0) is 37.0 Å². The Morgan fingerprint density at radius 2 is 2.19 bits per heavy atom. The molecule has 3 rings (SSSR count). The Balaban J connectivity index is 1.88. The second-order valence-corrected chi connectivity index (χ2v) is 7.72. The van der Waals surface area contributed by atoms with Crippen molar-refractivity contribution in [3.63, 3.8) is 0 Å². The molecule has 0 atom stereocenters. The fourth-order valence-corrected chi connectivity index (χ4v) is 4.44. The Bertz CT molecular complexity index is 764. The Hall–Kier alpha value is -1.44. The first-order valence-electron chi connectivity index (χ1n) is 6.68. The van der Waals surface area contributed by atoms with Gasteiger partial charge in [-0.15, -0.1) is 11.3 Å². The quantitative estimate of drug-likeness (QED) is 0.886. The summed E-state index contributed by atoms with van der Waals surface area (Å²) in [6.07, 6.45) is 2.27. The van der Waals surface area contributed by atoms with E-state index in [0.717, 1.165) is 18.5 Å². The zero-order chi connectivity index (χ0) is 15.0. The van der Waals surface area contributed by atoms with Gasteiger partial charge in [0, 0.05) is 11.3 Å². The van der Waals surface area contributed by atoms with Crippen molar-refractivity contribution in [2.75, 3.05) is 4.72 Å². The normalized spacial score (nSPS) is 15.1. The van der Waals surface area contributed by atoms with Gasteiger partial charge in [-0.1, -0.05) is 12.1 Å². The van der Waals surface area contributed by atoms with Crippen LogP contribution >= 0.6 is 11.3 Å². The van der Waals surface area contributed by atoms with Gasteiger partial charge in [-0.2, -0.15) is 0 Å². The number of aryl methyl sites for hydroxylation is 1. The highest BCUT2D eigenvalue weighted by Crippen LogP contribution is 2.41. The van der Waals surface area contributed by atoms with E-state index < -0.39 is 10.0 Å². The summed E-state index contributed by atoms with van der Waals surface area (Å²) < 4.78 is 27.4. The second-order valence-electron chi connectivity index (χ2n) is 5.22. The van der Waals surface area contributed by atoms with Crippen LogP contribution in [0.3, 0.4) is 0 Å². The molecule has 0 saturated heterocycles. The summed E-state index contributed by atoms with van der Waals surface area (Å²) in [5, 5.41) is 11.5. The zero-order valence-electron chi connectivity index (χ0n) is 11.5. The maximum absolute atomic E-state index is 12.5. The molecule has 2 N–H and O–H groups in total. The highest BCUT2D eigenvalue weighted by atomic mass is 32.2. The number of aromatic nitrogens is 1. The van der Waals surface area contributed by atoms with E-state index in [1.54, 1.807) is 19.1 Å². The number of sulfonamides is 1. The third kappa shape index (κ3) is 3.09. The van der Waals surface area contributed by atoms with Crippen LogP contribution in [0.15, 0.2) is 28.5 Å². The predicted molar refractivity (Wildman–Crippen MR) is 82.0 cm³/mol. The molecule has 0 spiro atoms. The molecule has 1 fully saturated rings. The Kier molecular flexibility index (Phi) is 3.73. The number of nitrogens with zero attached hydrogens (tertiary/aromatic N) is 1. The summed E-state index contributed by atoms with van der Waals surface area (Å²) in [7, 11) is -3.68. The van der Waals surface area contributed by atoms with Crippen molar-refractivity contribution in [1.82, 2.24) is 4.98 Å². The summed E-state index contributed by atoms with van der Waals surface area (Å²) in [4.78, 5) is 4.51. The van der Waals surface area contributed by atoms with Crippen LogP contribution in [-0.4, -0.2) is 18.5 Å². The summed E-state index contributed by atoms with van der Waals surface area (Å²) >= 11 is 1.30. The molecule has 1 saturated carbocycles. The van der Waals surface area contributed by atoms with E-state index in [0.29, 0.717) is 22.2 Å². The first kappa shape index (κ1) is 14.5. The molecule has 0 unspecified atom stereocenters. The van der Waals surface area contributed by atoms with Crippen molar-refractivity contribution in [3.05, 3.63) is 40.4 Å². The molecular weight excluding hydrogens is 308 g/mol. The highest BCUT2D eigenvalue weighted by molar-refractivity contribution is 7.93. The van der Waals surface area contributed by atoms with E-state index in [9.17, 15) is 8.42 Å². The van der Waals surface area contributed by atoms with Gasteiger partial charge in [0.2, 0.25) is 0 Å². The minimum absolute atomic E-state index is 0.178. The number of thiazole rings is 1. The first-order valence-corrected chi connectivity index (χ1v) is 9.04. The monoisotopic (exact) mass is 324 g/mol. The first-order chi connectivity index (χ1) is 9.99. The average molecular weight is 324 g/mol. The second kappa shape index (κ2) is 5.40. The minimum Gasteiger partial charge on any atom is -0.392 e. The minimum atomic E-state index is -3.68. The number of benzene rings is 1. The highest BCUT2D eigenvalue weighted by Gasteiger charge is 2.27. The molecule has 1 aliphatic carbocycles. The van der Waals surface area contributed by atoms with Crippen LogP contribution in [0.1, 0.15) is 35.6 Å². The molecule has 1 aliphatic rings. The molecule has 2 aromatic rings. The number of aliphatic hydroxyl groups excluding tert-OH is 1. The van der Waals surface area contributed by atoms with Crippen molar-refractivity contribution in [2.45, 2.75) is 37.2 Å². The van der Waals surface area contributed by atoms with Gasteiger partial charge in [-0.3, -0.25) is 4.72 Å². The van der Waals surface area contributed by atoms with E-state index >= 15 is 0 Å². The van der Waals surface area contributed by atoms with E-state index in [1.165, 1.54) is 17.4 Å². The van der Waals surface area contributed by atoms with Crippen LogP contribution in [0.2, 0.25) is 0 Å².